The van der Waals surface area contributed by atoms with Crippen molar-refractivity contribution in [3.8, 4) is 0 Å². The lowest BCUT2D eigenvalue weighted by Crippen LogP contribution is -2.30. The van der Waals surface area contributed by atoms with Gasteiger partial charge in [0.2, 0.25) is 0 Å². The van der Waals surface area contributed by atoms with E-state index in [-0.39, 0.29) is 25.7 Å². The average molecular weight is 1340 g/mol. The summed E-state index contributed by atoms with van der Waals surface area (Å²) in [6, 6.07) is 0. The molecule has 540 valence electrons. The number of phosphoric ester groups is 2. The van der Waals surface area contributed by atoms with Gasteiger partial charge in [-0.25, -0.2) is 9.13 Å². The Balaban J connectivity index is 5.26. The van der Waals surface area contributed by atoms with E-state index in [2.05, 4.69) is 41.5 Å². The summed E-state index contributed by atoms with van der Waals surface area (Å²) in [5.74, 6) is -0.592. The van der Waals surface area contributed by atoms with Gasteiger partial charge in [0.05, 0.1) is 26.4 Å². The number of aliphatic hydroxyl groups is 1. The highest BCUT2D eigenvalue weighted by molar-refractivity contribution is 7.47. The van der Waals surface area contributed by atoms with E-state index in [9.17, 15) is 43.2 Å². The van der Waals surface area contributed by atoms with Crippen LogP contribution >= 0.6 is 15.6 Å². The van der Waals surface area contributed by atoms with Gasteiger partial charge in [-0.3, -0.25) is 37.3 Å². The van der Waals surface area contributed by atoms with Gasteiger partial charge >= 0.3 is 39.5 Å². The molecule has 19 heteroatoms. The highest BCUT2D eigenvalue weighted by atomic mass is 31.2. The van der Waals surface area contributed by atoms with E-state index >= 15 is 0 Å². The molecule has 0 aromatic carbocycles. The van der Waals surface area contributed by atoms with Crippen molar-refractivity contribution in [1.29, 1.82) is 0 Å². The molecule has 0 heterocycles. The first-order chi connectivity index (χ1) is 43.9. The third kappa shape index (κ3) is 65.1. The molecule has 0 aliphatic heterocycles. The van der Waals surface area contributed by atoms with Crippen LogP contribution in [0.5, 0.6) is 0 Å². The van der Waals surface area contributed by atoms with Crippen molar-refractivity contribution >= 4 is 39.5 Å². The maximum atomic E-state index is 13.0. The lowest BCUT2D eigenvalue weighted by atomic mass is 9.99. The Labute approximate surface area is 556 Å². The lowest BCUT2D eigenvalue weighted by Gasteiger charge is -2.21. The number of rotatable bonds is 71. The number of carbonyl (C=O) groups excluding carboxylic acids is 4. The fraction of sp³-hybridized carbons (Fsp3) is 0.944. The summed E-state index contributed by atoms with van der Waals surface area (Å²) in [5, 5.41) is 10.6. The molecule has 0 amide bonds. The Hall–Kier alpha value is -1.94. The summed E-state index contributed by atoms with van der Waals surface area (Å²) in [6.45, 7) is 9.56. The molecule has 6 atom stereocenters. The summed E-state index contributed by atoms with van der Waals surface area (Å²) < 4.78 is 68.4. The van der Waals surface area contributed by atoms with Crippen LogP contribution in [0.3, 0.4) is 0 Å². The molecular weight excluding hydrogens is 1200 g/mol. The van der Waals surface area contributed by atoms with Crippen molar-refractivity contribution in [3.05, 3.63) is 0 Å². The quantitative estimate of drug-likeness (QED) is 0.0222. The van der Waals surface area contributed by atoms with Crippen LogP contribution in [0.4, 0.5) is 0 Å². The maximum absolute atomic E-state index is 13.0. The SMILES string of the molecule is CCCCCCCCCCCCCCCCCC(=O)O[C@H](COC(=O)CCCCCCCCCCCCC(C)C)COP(=O)(O)OC[C@@H](O)COP(=O)(O)OC[C@@H](COC(=O)CCCCCCCCCCCCC)OC(=O)CCCCCCCCCCC(C)CC. The second-order valence-electron chi connectivity index (χ2n) is 26.7. The van der Waals surface area contributed by atoms with Crippen molar-refractivity contribution in [2.45, 2.75) is 387 Å². The molecule has 0 radical (unpaired) electrons. The zero-order valence-corrected chi connectivity index (χ0v) is 60.9. The molecule has 0 spiro atoms. The topological polar surface area (TPSA) is 237 Å². The van der Waals surface area contributed by atoms with Crippen molar-refractivity contribution < 1.29 is 80.2 Å². The average Bonchev–Trinajstić information content (AvgIpc) is 2.68. The van der Waals surface area contributed by atoms with Crippen molar-refractivity contribution in [2.24, 2.45) is 11.8 Å². The van der Waals surface area contributed by atoms with Gasteiger partial charge in [-0.15, -0.1) is 0 Å². The molecule has 0 aromatic heterocycles. The molecule has 0 aromatic rings. The van der Waals surface area contributed by atoms with Gasteiger partial charge in [-0.05, 0) is 37.5 Å². The molecular formula is C72H140O17P2. The lowest BCUT2D eigenvalue weighted by molar-refractivity contribution is -0.161. The van der Waals surface area contributed by atoms with Crippen LogP contribution in [0.2, 0.25) is 0 Å². The number of unbranched alkanes of at least 4 members (excludes halogenated alkanes) is 40. The van der Waals surface area contributed by atoms with E-state index in [4.69, 9.17) is 37.0 Å². The first-order valence-corrected chi connectivity index (χ1v) is 40.5. The first kappa shape index (κ1) is 89.1. The molecule has 0 aliphatic carbocycles. The smallest absolute Gasteiger partial charge is 0.462 e. The molecule has 3 N–H and O–H groups in total. The van der Waals surface area contributed by atoms with Crippen LogP contribution in [0.15, 0.2) is 0 Å². The number of hydrogen-bond donors (Lipinski definition) is 3. The third-order valence-corrected chi connectivity index (χ3v) is 19.0. The van der Waals surface area contributed by atoms with E-state index in [1.54, 1.807) is 0 Å². The monoisotopic (exact) mass is 1340 g/mol. The second-order valence-corrected chi connectivity index (χ2v) is 29.6. The van der Waals surface area contributed by atoms with E-state index in [1.165, 1.54) is 186 Å². The number of aliphatic hydroxyl groups excluding tert-OH is 1. The van der Waals surface area contributed by atoms with Crippen LogP contribution < -0.4 is 0 Å². The van der Waals surface area contributed by atoms with Gasteiger partial charge < -0.3 is 33.8 Å². The van der Waals surface area contributed by atoms with Gasteiger partial charge in [0, 0.05) is 25.7 Å². The number of carbonyl (C=O) groups is 4. The largest absolute Gasteiger partial charge is 0.472 e. The zero-order chi connectivity index (χ0) is 67.2. The molecule has 0 bridgehead atoms. The minimum Gasteiger partial charge on any atom is -0.462 e. The van der Waals surface area contributed by atoms with Crippen molar-refractivity contribution in [2.75, 3.05) is 39.6 Å². The highest BCUT2D eigenvalue weighted by Gasteiger charge is 2.30. The number of ether oxygens (including phenoxy) is 4. The standard InChI is InChI=1S/C72H140O17P2/c1-7-10-12-14-16-18-20-21-22-23-25-31-38-44-50-56-71(76)88-67(60-83-70(75)55-49-43-37-30-27-26-28-34-40-46-52-64(4)5)62-86-90(78,79)84-58-66(73)59-85-91(80,81)87-63-68(61-82-69(74)54-48-42-36-29-24-19-17-15-13-11-8-2)89-72(77)57-51-45-39-33-32-35-41-47-53-65(6)9-3/h64-68,73H,7-63H2,1-6H3,(H,78,79)(H,80,81)/t65?,66-,67-,68-/m1/s1. The van der Waals surface area contributed by atoms with E-state index in [0.29, 0.717) is 25.7 Å². The molecule has 3 unspecified atom stereocenters. The summed E-state index contributed by atoms with van der Waals surface area (Å²) in [5.41, 5.74) is 0. The highest BCUT2D eigenvalue weighted by Crippen LogP contribution is 2.45. The molecule has 0 saturated heterocycles. The molecule has 0 saturated carbocycles. The Bertz CT molecular complexity index is 1770. The van der Waals surface area contributed by atoms with Crippen molar-refractivity contribution in [1.82, 2.24) is 0 Å². The summed E-state index contributed by atoms with van der Waals surface area (Å²) in [6.07, 6.45) is 49.8. The minimum absolute atomic E-state index is 0.105. The van der Waals surface area contributed by atoms with E-state index in [1.807, 2.05) is 0 Å². The third-order valence-electron chi connectivity index (χ3n) is 17.1. The fourth-order valence-electron chi connectivity index (χ4n) is 10.9. The second kappa shape index (κ2) is 64.1. The molecule has 0 aliphatic rings. The van der Waals surface area contributed by atoms with Crippen molar-refractivity contribution in [3.63, 3.8) is 0 Å². The number of phosphoric acid groups is 2. The van der Waals surface area contributed by atoms with Crippen LogP contribution in [0.1, 0.15) is 369 Å². The minimum atomic E-state index is -4.95. The predicted octanol–water partition coefficient (Wildman–Crippen LogP) is 20.8. The number of hydrogen-bond acceptors (Lipinski definition) is 15. The Morgan fingerprint density at radius 3 is 0.835 bits per heavy atom. The van der Waals surface area contributed by atoms with E-state index in [0.717, 1.165) is 102 Å². The molecule has 17 nitrogen and oxygen atoms in total. The van der Waals surface area contributed by atoms with Crippen LogP contribution in [-0.4, -0.2) is 96.7 Å². The van der Waals surface area contributed by atoms with Gasteiger partial charge in [0.15, 0.2) is 12.2 Å². The molecule has 0 fully saturated rings. The Morgan fingerprint density at radius 2 is 0.560 bits per heavy atom. The van der Waals surface area contributed by atoms with Crippen LogP contribution in [0.25, 0.3) is 0 Å². The zero-order valence-electron chi connectivity index (χ0n) is 59.1. The maximum Gasteiger partial charge on any atom is 0.472 e. The summed E-state index contributed by atoms with van der Waals surface area (Å²) in [4.78, 5) is 72.6. The van der Waals surface area contributed by atoms with Gasteiger partial charge in [0.1, 0.15) is 19.3 Å². The molecule has 0 rings (SSSR count). The van der Waals surface area contributed by atoms with Gasteiger partial charge in [-0.2, -0.15) is 0 Å². The summed E-state index contributed by atoms with van der Waals surface area (Å²) >= 11 is 0. The van der Waals surface area contributed by atoms with Crippen LogP contribution in [0, 0.1) is 11.8 Å². The fourth-order valence-corrected chi connectivity index (χ4v) is 12.5. The van der Waals surface area contributed by atoms with Gasteiger partial charge in [-0.1, -0.05) is 318 Å². The normalized spacial score (nSPS) is 14.4. The first-order valence-electron chi connectivity index (χ1n) is 37.5. The number of esters is 4. The summed E-state index contributed by atoms with van der Waals surface area (Å²) in [7, 11) is -9.90. The van der Waals surface area contributed by atoms with Gasteiger partial charge in [0.25, 0.3) is 0 Å². The Kier molecular flexibility index (Phi) is 62.7. The van der Waals surface area contributed by atoms with Crippen LogP contribution in [-0.2, 0) is 65.4 Å². The predicted molar refractivity (Wildman–Crippen MR) is 368 cm³/mol. The van der Waals surface area contributed by atoms with E-state index < -0.39 is 97.5 Å². The Morgan fingerprint density at radius 1 is 0.319 bits per heavy atom. The molecule has 91 heavy (non-hydrogen) atoms.